The number of benzene rings is 3. The summed E-state index contributed by atoms with van der Waals surface area (Å²) in [4.78, 5) is 24.5. The summed E-state index contributed by atoms with van der Waals surface area (Å²) >= 11 is 12.1. The molecule has 0 atom stereocenters. The minimum Gasteiger partial charge on any atom is -0.493 e. The first kappa shape index (κ1) is 26.1. The topological polar surface area (TPSA) is 89.0 Å². The van der Waals surface area contributed by atoms with E-state index in [2.05, 4.69) is 15.8 Å². The molecule has 0 aliphatic carbocycles. The van der Waals surface area contributed by atoms with E-state index in [1.54, 1.807) is 55.5 Å². The first-order valence-corrected chi connectivity index (χ1v) is 11.6. The van der Waals surface area contributed by atoms with Gasteiger partial charge >= 0.3 is 11.8 Å². The number of anilines is 1. The van der Waals surface area contributed by atoms with Gasteiger partial charge in [0, 0.05) is 26.9 Å². The number of nitrogens with one attached hydrogen (secondary N) is 2. The lowest BCUT2D eigenvalue weighted by atomic mass is 10.1. The molecule has 3 aromatic rings. The number of carbonyl (C=O) groups is 2. The lowest BCUT2D eigenvalue weighted by Crippen LogP contribution is -2.33. The van der Waals surface area contributed by atoms with Crippen LogP contribution in [0.4, 0.5) is 5.69 Å². The second-order valence-electron chi connectivity index (χ2n) is 7.49. The van der Waals surface area contributed by atoms with Crippen LogP contribution in [0.15, 0.2) is 65.8 Å². The highest BCUT2D eigenvalue weighted by atomic mass is 35.5. The summed E-state index contributed by atoms with van der Waals surface area (Å²) in [6.07, 6.45) is 0.726. The van der Waals surface area contributed by atoms with Gasteiger partial charge in [-0.25, -0.2) is 5.43 Å². The molecule has 0 bridgehead atoms. The van der Waals surface area contributed by atoms with Crippen LogP contribution < -0.4 is 20.2 Å². The Morgan fingerprint density at radius 3 is 2.43 bits per heavy atom. The largest absolute Gasteiger partial charge is 0.493 e. The van der Waals surface area contributed by atoms with Gasteiger partial charge in [-0.3, -0.25) is 9.59 Å². The van der Waals surface area contributed by atoms with Gasteiger partial charge in [0.15, 0.2) is 11.5 Å². The fourth-order valence-electron chi connectivity index (χ4n) is 3.19. The van der Waals surface area contributed by atoms with Gasteiger partial charge in [-0.1, -0.05) is 54.4 Å². The zero-order valence-electron chi connectivity index (χ0n) is 19.5. The molecule has 182 valence electrons. The van der Waals surface area contributed by atoms with Crippen LogP contribution in [0, 0.1) is 0 Å². The number of rotatable bonds is 8. The van der Waals surface area contributed by atoms with Crippen molar-refractivity contribution in [1.82, 2.24) is 5.43 Å². The number of halogens is 2. The zero-order valence-corrected chi connectivity index (χ0v) is 21.0. The molecule has 0 heterocycles. The van der Waals surface area contributed by atoms with Gasteiger partial charge in [0.2, 0.25) is 0 Å². The molecule has 3 rings (SSSR count). The number of aryl methyl sites for hydroxylation is 1. The van der Waals surface area contributed by atoms with Gasteiger partial charge in [0.25, 0.3) is 0 Å². The van der Waals surface area contributed by atoms with Crippen molar-refractivity contribution in [3.63, 3.8) is 0 Å². The molecule has 0 unspecified atom stereocenters. The Bertz CT molecular complexity index is 1260. The first-order chi connectivity index (χ1) is 16.8. The van der Waals surface area contributed by atoms with E-state index < -0.39 is 11.8 Å². The molecule has 2 N–H and O–H groups in total. The predicted molar refractivity (Wildman–Crippen MR) is 139 cm³/mol. The summed E-state index contributed by atoms with van der Waals surface area (Å²) in [5, 5.41) is 7.71. The number of hydrogen-bond donors (Lipinski definition) is 2. The average molecular weight is 514 g/mol. The van der Waals surface area contributed by atoms with Gasteiger partial charge in [0.05, 0.1) is 12.8 Å². The van der Waals surface area contributed by atoms with E-state index in [0.717, 1.165) is 17.5 Å². The van der Waals surface area contributed by atoms with Crippen LogP contribution >= 0.6 is 23.2 Å². The number of ether oxygens (including phenoxy) is 2. The zero-order chi connectivity index (χ0) is 25.4. The van der Waals surface area contributed by atoms with Crippen molar-refractivity contribution in [3.05, 3.63) is 87.4 Å². The van der Waals surface area contributed by atoms with Crippen molar-refractivity contribution in [3.8, 4) is 11.5 Å². The third kappa shape index (κ3) is 6.97. The van der Waals surface area contributed by atoms with Crippen molar-refractivity contribution >= 4 is 46.4 Å². The van der Waals surface area contributed by atoms with E-state index in [1.165, 1.54) is 7.11 Å². The molecule has 0 radical (unpaired) electrons. The summed E-state index contributed by atoms with van der Waals surface area (Å²) in [6, 6.07) is 17.7. The number of methoxy groups -OCH3 is 1. The summed E-state index contributed by atoms with van der Waals surface area (Å²) in [7, 11) is 1.52. The molecule has 0 fully saturated rings. The van der Waals surface area contributed by atoms with Crippen LogP contribution in [-0.4, -0.2) is 24.6 Å². The second-order valence-corrected chi connectivity index (χ2v) is 8.34. The Balaban J connectivity index is 1.64. The Morgan fingerprint density at radius 1 is 0.943 bits per heavy atom. The standard InChI is InChI=1S/C26H25Cl2N3O4/c1-4-17-7-5-6-8-22(17)29-25(32)26(33)31-30-16(2)18-10-12-23(24(13-18)34-3)35-15-19-9-11-20(27)14-21(19)28/h5-14H,4,15H2,1-3H3,(H,29,32)(H,31,33)/b30-16+. The molecule has 0 aliphatic rings. The fourth-order valence-corrected chi connectivity index (χ4v) is 3.65. The highest BCUT2D eigenvalue weighted by molar-refractivity contribution is 6.39. The number of hydrogen-bond acceptors (Lipinski definition) is 5. The molecule has 9 heteroatoms. The third-order valence-corrected chi connectivity index (χ3v) is 5.74. The lowest BCUT2D eigenvalue weighted by Gasteiger charge is -2.13. The van der Waals surface area contributed by atoms with Crippen molar-refractivity contribution < 1.29 is 19.1 Å². The van der Waals surface area contributed by atoms with Gasteiger partial charge in [-0.05, 0) is 55.3 Å². The Kier molecular flexibility index (Phi) is 9.11. The molecule has 0 saturated heterocycles. The Morgan fingerprint density at radius 2 is 1.71 bits per heavy atom. The Labute approximate surface area is 214 Å². The highest BCUT2D eigenvalue weighted by Gasteiger charge is 2.15. The highest BCUT2D eigenvalue weighted by Crippen LogP contribution is 2.30. The van der Waals surface area contributed by atoms with Crippen molar-refractivity contribution in [2.24, 2.45) is 5.10 Å². The minimum atomic E-state index is -0.873. The number of hydrazone groups is 1. The van der Waals surface area contributed by atoms with Gasteiger partial charge in [-0.2, -0.15) is 5.10 Å². The van der Waals surface area contributed by atoms with Crippen LogP contribution in [0.2, 0.25) is 10.0 Å². The maximum absolute atomic E-state index is 12.3. The third-order valence-electron chi connectivity index (χ3n) is 5.16. The predicted octanol–water partition coefficient (Wildman–Crippen LogP) is 5.62. The van der Waals surface area contributed by atoms with Crippen LogP contribution in [0.25, 0.3) is 0 Å². The van der Waals surface area contributed by atoms with Gasteiger partial charge in [-0.15, -0.1) is 0 Å². The molecular weight excluding hydrogens is 489 g/mol. The van der Waals surface area contributed by atoms with E-state index in [-0.39, 0.29) is 6.61 Å². The molecule has 0 aliphatic heterocycles. The molecule has 7 nitrogen and oxygen atoms in total. The van der Waals surface area contributed by atoms with Gasteiger partial charge < -0.3 is 14.8 Å². The summed E-state index contributed by atoms with van der Waals surface area (Å²) in [6.45, 7) is 3.90. The fraction of sp³-hybridized carbons (Fsp3) is 0.192. The van der Waals surface area contributed by atoms with E-state index in [9.17, 15) is 9.59 Å². The smallest absolute Gasteiger partial charge is 0.329 e. The number of carbonyl (C=O) groups excluding carboxylic acids is 2. The number of nitrogens with zero attached hydrogens (tertiary/aromatic N) is 1. The second kappa shape index (κ2) is 12.2. The van der Waals surface area contributed by atoms with Gasteiger partial charge in [0.1, 0.15) is 6.61 Å². The normalized spacial score (nSPS) is 11.1. The Hall–Kier alpha value is -3.55. The monoisotopic (exact) mass is 513 g/mol. The van der Waals surface area contributed by atoms with Crippen LogP contribution in [-0.2, 0) is 22.6 Å². The van der Waals surface area contributed by atoms with E-state index in [4.69, 9.17) is 32.7 Å². The van der Waals surface area contributed by atoms with E-state index >= 15 is 0 Å². The first-order valence-electron chi connectivity index (χ1n) is 10.8. The maximum atomic E-state index is 12.3. The van der Waals surface area contributed by atoms with Crippen molar-refractivity contribution in [1.29, 1.82) is 0 Å². The lowest BCUT2D eigenvalue weighted by molar-refractivity contribution is -0.136. The van der Waals surface area contributed by atoms with Crippen LogP contribution in [0.1, 0.15) is 30.5 Å². The number of amides is 2. The maximum Gasteiger partial charge on any atom is 0.329 e. The van der Waals surface area contributed by atoms with Crippen LogP contribution in [0.5, 0.6) is 11.5 Å². The molecule has 2 amide bonds. The molecular formula is C26H25Cl2N3O4. The van der Waals surface area contributed by atoms with E-state index in [0.29, 0.717) is 38.5 Å². The van der Waals surface area contributed by atoms with Crippen molar-refractivity contribution in [2.45, 2.75) is 26.9 Å². The molecule has 0 spiro atoms. The molecule has 0 saturated carbocycles. The quantitative estimate of drug-likeness (QED) is 0.232. The molecule has 0 aromatic heterocycles. The minimum absolute atomic E-state index is 0.227. The molecule has 35 heavy (non-hydrogen) atoms. The number of para-hydroxylation sites is 1. The average Bonchev–Trinajstić information content (AvgIpc) is 2.86. The summed E-state index contributed by atoms with van der Waals surface area (Å²) < 4.78 is 11.3. The molecule has 3 aromatic carbocycles. The van der Waals surface area contributed by atoms with Crippen molar-refractivity contribution in [2.75, 3.05) is 12.4 Å². The SMILES string of the molecule is CCc1ccccc1NC(=O)C(=O)N/N=C(\C)c1ccc(OCc2ccc(Cl)cc2Cl)c(OC)c1. The summed E-state index contributed by atoms with van der Waals surface area (Å²) in [5.41, 5.74) is 5.75. The van der Waals surface area contributed by atoms with Crippen LogP contribution in [0.3, 0.4) is 0 Å². The van der Waals surface area contributed by atoms with E-state index in [1.807, 2.05) is 19.1 Å². The summed E-state index contributed by atoms with van der Waals surface area (Å²) in [5.74, 6) is -0.692.